The third-order valence-corrected chi connectivity index (χ3v) is 3.55. The van der Waals surface area contributed by atoms with Crippen molar-refractivity contribution in [2.24, 2.45) is 0 Å². The normalized spacial score (nSPS) is 17.8. The summed E-state index contributed by atoms with van der Waals surface area (Å²) in [7, 11) is 1.54. The van der Waals surface area contributed by atoms with Crippen molar-refractivity contribution in [2.45, 2.75) is 6.10 Å². The van der Waals surface area contributed by atoms with E-state index in [1.807, 2.05) is 0 Å². The summed E-state index contributed by atoms with van der Waals surface area (Å²) in [4.78, 5) is 30.0. The van der Waals surface area contributed by atoms with Crippen LogP contribution < -0.4 is 5.32 Å². The first-order chi connectivity index (χ1) is 11.2. The van der Waals surface area contributed by atoms with Crippen LogP contribution in [-0.4, -0.2) is 69.5 Å². The molecule has 1 aliphatic rings. The molecule has 0 radical (unpaired) electrons. The van der Waals surface area contributed by atoms with Crippen molar-refractivity contribution >= 4 is 11.8 Å². The molecule has 0 aromatic carbocycles. The van der Waals surface area contributed by atoms with Gasteiger partial charge in [-0.05, 0) is 6.07 Å². The molecule has 2 amide bonds. The van der Waals surface area contributed by atoms with Crippen molar-refractivity contribution in [3.8, 4) is 5.69 Å². The largest absolute Gasteiger partial charge is 0.365 e. The molecule has 0 saturated carbocycles. The lowest BCUT2D eigenvalue weighted by molar-refractivity contribution is -0.136. The SMILES string of the molecule is CNC(=O)C1CN(C(=O)c2cncc(-n3ccnn3)c2)CCO1. The lowest BCUT2D eigenvalue weighted by atomic mass is 10.2. The van der Waals surface area contributed by atoms with Gasteiger partial charge in [0.1, 0.15) is 0 Å². The van der Waals surface area contributed by atoms with Crippen molar-refractivity contribution in [1.29, 1.82) is 0 Å². The summed E-state index contributed by atoms with van der Waals surface area (Å²) in [6.45, 7) is 0.964. The first-order valence-corrected chi connectivity index (χ1v) is 7.13. The number of hydrogen-bond acceptors (Lipinski definition) is 6. The Morgan fingerprint density at radius 1 is 1.39 bits per heavy atom. The Balaban J connectivity index is 1.77. The molecule has 9 heteroatoms. The van der Waals surface area contributed by atoms with Crippen molar-refractivity contribution < 1.29 is 14.3 Å². The molecule has 1 unspecified atom stereocenters. The third kappa shape index (κ3) is 3.19. The highest BCUT2D eigenvalue weighted by Gasteiger charge is 2.29. The first kappa shape index (κ1) is 15.1. The number of nitrogens with zero attached hydrogens (tertiary/aromatic N) is 5. The van der Waals surface area contributed by atoms with E-state index in [4.69, 9.17) is 4.74 Å². The number of ether oxygens (including phenoxy) is 1. The Hall–Kier alpha value is -2.81. The van der Waals surface area contributed by atoms with Gasteiger partial charge in [-0.2, -0.15) is 0 Å². The number of nitrogens with one attached hydrogen (secondary N) is 1. The molecular formula is C14H16N6O3. The monoisotopic (exact) mass is 316 g/mol. The second-order valence-electron chi connectivity index (χ2n) is 5.00. The van der Waals surface area contributed by atoms with Gasteiger partial charge < -0.3 is 15.0 Å². The first-order valence-electron chi connectivity index (χ1n) is 7.13. The molecule has 120 valence electrons. The molecule has 0 spiro atoms. The quantitative estimate of drug-likeness (QED) is 0.799. The van der Waals surface area contributed by atoms with E-state index in [1.54, 1.807) is 29.6 Å². The molecule has 9 nitrogen and oxygen atoms in total. The Morgan fingerprint density at radius 2 is 2.26 bits per heavy atom. The van der Waals surface area contributed by atoms with Crippen LogP contribution in [-0.2, 0) is 9.53 Å². The third-order valence-electron chi connectivity index (χ3n) is 3.55. The highest BCUT2D eigenvalue weighted by molar-refractivity contribution is 5.95. The fourth-order valence-corrected chi connectivity index (χ4v) is 2.35. The van der Waals surface area contributed by atoms with E-state index < -0.39 is 6.10 Å². The van der Waals surface area contributed by atoms with E-state index in [9.17, 15) is 9.59 Å². The molecule has 1 fully saturated rings. The van der Waals surface area contributed by atoms with E-state index >= 15 is 0 Å². The van der Waals surface area contributed by atoms with Gasteiger partial charge >= 0.3 is 0 Å². The molecule has 0 aliphatic carbocycles. The fraction of sp³-hybridized carbons (Fsp3) is 0.357. The molecule has 2 aromatic heterocycles. The average Bonchev–Trinajstić information content (AvgIpc) is 3.15. The van der Waals surface area contributed by atoms with Gasteiger partial charge in [-0.25, -0.2) is 4.68 Å². The van der Waals surface area contributed by atoms with Crippen LogP contribution in [0.1, 0.15) is 10.4 Å². The maximum Gasteiger partial charge on any atom is 0.255 e. The van der Waals surface area contributed by atoms with E-state index in [1.165, 1.54) is 17.9 Å². The Kier molecular flexibility index (Phi) is 4.29. The highest BCUT2D eigenvalue weighted by Crippen LogP contribution is 2.13. The lowest BCUT2D eigenvalue weighted by Gasteiger charge is -2.32. The van der Waals surface area contributed by atoms with Gasteiger partial charge in [0, 0.05) is 19.8 Å². The molecule has 1 aliphatic heterocycles. The second kappa shape index (κ2) is 6.53. The molecule has 1 saturated heterocycles. The highest BCUT2D eigenvalue weighted by atomic mass is 16.5. The van der Waals surface area contributed by atoms with Gasteiger partial charge in [0.25, 0.3) is 11.8 Å². The minimum Gasteiger partial charge on any atom is -0.365 e. The second-order valence-corrected chi connectivity index (χ2v) is 5.00. The van der Waals surface area contributed by atoms with E-state index in [-0.39, 0.29) is 18.4 Å². The van der Waals surface area contributed by atoms with Crippen LogP contribution >= 0.6 is 0 Å². The van der Waals surface area contributed by atoms with Gasteiger partial charge in [0.05, 0.1) is 43.0 Å². The van der Waals surface area contributed by atoms with Crippen LogP contribution in [0.3, 0.4) is 0 Å². The summed E-state index contributed by atoms with van der Waals surface area (Å²) < 4.78 is 6.91. The molecule has 1 N–H and O–H groups in total. The van der Waals surface area contributed by atoms with Crippen LogP contribution in [0.2, 0.25) is 0 Å². The maximum atomic E-state index is 12.6. The zero-order chi connectivity index (χ0) is 16.2. The van der Waals surface area contributed by atoms with Crippen molar-refractivity contribution in [3.05, 3.63) is 36.4 Å². The standard InChI is InChI=1S/C14H16N6O3/c1-15-13(21)12-9-19(4-5-23-12)14(22)10-6-11(8-16-7-10)20-3-2-17-18-20/h2-3,6-8,12H,4-5,9H2,1H3,(H,15,21). The Labute approximate surface area is 132 Å². The van der Waals surface area contributed by atoms with Crippen molar-refractivity contribution in [2.75, 3.05) is 26.7 Å². The molecule has 23 heavy (non-hydrogen) atoms. The number of carbonyl (C=O) groups is 2. The predicted molar refractivity (Wildman–Crippen MR) is 78.9 cm³/mol. The van der Waals surface area contributed by atoms with E-state index in [0.717, 1.165) is 0 Å². The minimum atomic E-state index is -0.649. The summed E-state index contributed by atoms with van der Waals surface area (Å²) >= 11 is 0. The van der Waals surface area contributed by atoms with Gasteiger partial charge in [0.2, 0.25) is 0 Å². The topological polar surface area (TPSA) is 102 Å². The summed E-state index contributed by atoms with van der Waals surface area (Å²) in [6.07, 6.45) is 5.65. The summed E-state index contributed by atoms with van der Waals surface area (Å²) in [5.41, 5.74) is 1.07. The lowest BCUT2D eigenvalue weighted by Crippen LogP contribution is -2.51. The number of carbonyl (C=O) groups excluding carboxylic acids is 2. The van der Waals surface area contributed by atoms with E-state index in [2.05, 4.69) is 20.6 Å². The van der Waals surface area contributed by atoms with E-state index in [0.29, 0.717) is 24.4 Å². The minimum absolute atomic E-state index is 0.198. The van der Waals surface area contributed by atoms with Crippen LogP contribution in [0, 0.1) is 0 Å². The number of amides is 2. The smallest absolute Gasteiger partial charge is 0.255 e. The van der Waals surface area contributed by atoms with Crippen LogP contribution in [0.5, 0.6) is 0 Å². The Bertz CT molecular complexity index is 702. The summed E-state index contributed by atoms with van der Waals surface area (Å²) in [5.74, 6) is -0.436. The fourth-order valence-electron chi connectivity index (χ4n) is 2.35. The molecule has 1 atom stereocenters. The zero-order valence-electron chi connectivity index (χ0n) is 12.5. The maximum absolute atomic E-state index is 12.6. The number of aromatic nitrogens is 4. The van der Waals surface area contributed by atoms with Crippen LogP contribution in [0.4, 0.5) is 0 Å². The van der Waals surface area contributed by atoms with Crippen molar-refractivity contribution in [1.82, 2.24) is 30.2 Å². The zero-order valence-corrected chi connectivity index (χ0v) is 12.5. The average molecular weight is 316 g/mol. The van der Waals surface area contributed by atoms with Gasteiger partial charge in [-0.15, -0.1) is 5.10 Å². The summed E-state index contributed by atoms with van der Waals surface area (Å²) in [5, 5.41) is 10.1. The van der Waals surface area contributed by atoms with Gasteiger partial charge in [-0.3, -0.25) is 14.6 Å². The number of hydrogen-bond donors (Lipinski definition) is 1. The molecule has 2 aromatic rings. The van der Waals surface area contributed by atoms with Crippen LogP contribution in [0.15, 0.2) is 30.9 Å². The van der Waals surface area contributed by atoms with Gasteiger partial charge in [-0.1, -0.05) is 5.21 Å². The van der Waals surface area contributed by atoms with Gasteiger partial charge in [0.15, 0.2) is 6.10 Å². The summed E-state index contributed by atoms with van der Waals surface area (Å²) in [6, 6.07) is 1.69. The predicted octanol–water partition coefficient (Wildman–Crippen LogP) is -0.751. The molecule has 3 rings (SSSR count). The Morgan fingerprint density at radius 3 is 3.00 bits per heavy atom. The van der Waals surface area contributed by atoms with Crippen LogP contribution in [0.25, 0.3) is 5.69 Å². The number of pyridine rings is 1. The molecule has 0 bridgehead atoms. The number of likely N-dealkylation sites (N-methyl/N-ethyl adjacent to an activating group) is 1. The van der Waals surface area contributed by atoms with Crippen molar-refractivity contribution in [3.63, 3.8) is 0 Å². The molecular weight excluding hydrogens is 300 g/mol. The number of morpholine rings is 1. The molecule has 3 heterocycles. The number of rotatable bonds is 3.